The standard InChI is InChI=1S/C16H18N2O/c17-15(8-12-4-3-7-18-10-12)14-9-13-5-1-2-6-16(13)19-11-14/h1-7,10,14-15H,8-9,11,17H2. The average Bonchev–Trinajstić information content (AvgIpc) is 2.48. The van der Waals surface area contributed by atoms with Crippen LogP contribution in [0, 0.1) is 5.92 Å². The van der Waals surface area contributed by atoms with Crippen molar-refractivity contribution in [3.63, 3.8) is 0 Å². The molecule has 2 heterocycles. The first kappa shape index (κ1) is 12.2. The van der Waals surface area contributed by atoms with Crippen LogP contribution in [0.2, 0.25) is 0 Å². The molecule has 0 saturated heterocycles. The number of hydrogen-bond acceptors (Lipinski definition) is 3. The topological polar surface area (TPSA) is 48.1 Å². The lowest BCUT2D eigenvalue weighted by Crippen LogP contribution is -2.39. The molecule has 2 N–H and O–H groups in total. The smallest absolute Gasteiger partial charge is 0.122 e. The highest BCUT2D eigenvalue weighted by Gasteiger charge is 2.25. The van der Waals surface area contributed by atoms with Crippen LogP contribution in [0.5, 0.6) is 5.75 Å². The molecule has 1 aliphatic rings. The number of hydrogen-bond donors (Lipinski definition) is 1. The number of fused-ring (bicyclic) bond motifs is 1. The lowest BCUT2D eigenvalue weighted by Gasteiger charge is -2.29. The SMILES string of the molecule is NC(Cc1cccnc1)C1COc2ccccc2C1. The summed E-state index contributed by atoms with van der Waals surface area (Å²) >= 11 is 0. The molecule has 19 heavy (non-hydrogen) atoms. The fourth-order valence-electron chi connectivity index (χ4n) is 2.58. The van der Waals surface area contributed by atoms with E-state index >= 15 is 0 Å². The van der Waals surface area contributed by atoms with Gasteiger partial charge in [-0.3, -0.25) is 4.98 Å². The van der Waals surface area contributed by atoms with Gasteiger partial charge in [-0.25, -0.2) is 0 Å². The van der Waals surface area contributed by atoms with E-state index in [9.17, 15) is 0 Å². The molecule has 2 aromatic rings. The summed E-state index contributed by atoms with van der Waals surface area (Å²) in [5.74, 6) is 1.38. The molecule has 0 saturated carbocycles. The third-order valence-corrected chi connectivity index (χ3v) is 3.71. The van der Waals surface area contributed by atoms with Gasteiger partial charge in [0.05, 0.1) is 6.61 Å². The van der Waals surface area contributed by atoms with Crippen LogP contribution >= 0.6 is 0 Å². The van der Waals surface area contributed by atoms with Crippen LogP contribution < -0.4 is 10.5 Å². The number of nitrogens with zero attached hydrogens (tertiary/aromatic N) is 1. The second-order valence-corrected chi connectivity index (χ2v) is 5.11. The largest absolute Gasteiger partial charge is 0.493 e. The second-order valence-electron chi connectivity index (χ2n) is 5.11. The summed E-state index contributed by atoms with van der Waals surface area (Å²) < 4.78 is 5.80. The molecule has 2 unspecified atom stereocenters. The molecule has 0 amide bonds. The Balaban J connectivity index is 1.68. The molecule has 0 bridgehead atoms. The summed E-state index contributed by atoms with van der Waals surface area (Å²) in [7, 11) is 0. The minimum absolute atomic E-state index is 0.109. The maximum atomic E-state index is 6.33. The predicted octanol–water partition coefficient (Wildman–Crippen LogP) is 2.20. The number of nitrogens with two attached hydrogens (primary N) is 1. The fourth-order valence-corrected chi connectivity index (χ4v) is 2.58. The number of ether oxygens (including phenoxy) is 1. The molecule has 98 valence electrons. The molecular weight excluding hydrogens is 236 g/mol. The maximum Gasteiger partial charge on any atom is 0.122 e. The quantitative estimate of drug-likeness (QED) is 0.913. The van der Waals surface area contributed by atoms with Gasteiger partial charge in [0.1, 0.15) is 5.75 Å². The van der Waals surface area contributed by atoms with Crippen molar-refractivity contribution in [2.45, 2.75) is 18.9 Å². The summed E-state index contributed by atoms with van der Waals surface area (Å²) in [6.07, 6.45) is 5.52. The summed E-state index contributed by atoms with van der Waals surface area (Å²) in [6, 6.07) is 12.3. The van der Waals surface area contributed by atoms with Crippen LogP contribution in [-0.2, 0) is 12.8 Å². The summed E-state index contributed by atoms with van der Waals surface area (Å²) in [6.45, 7) is 0.707. The zero-order chi connectivity index (χ0) is 13.1. The molecule has 3 nitrogen and oxygen atoms in total. The first-order valence-corrected chi connectivity index (χ1v) is 6.68. The third-order valence-electron chi connectivity index (χ3n) is 3.71. The maximum absolute atomic E-state index is 6.33. The van der Waals surface area contributed by atoms with Crippen LogP contribution in [0.3, 0.4) is 0 Å². The highest BCUT2D eigenvalue weighted by molar-refractivity contribution is 5.35. The molecule has 1 aliphatic heterocycles. The van der Waals surface area contributed by atoms with Gasteiger partial charge in [0.2, 0.25) is 0 Å². The second kappa shape index (κ2) is 5.41. The van der Waals surface area contributed by atoms with Crippen molar-refractivity contribution in [1.29, 1.82) is 0 Å². The molecule has 0 radical (unpaired) electrons. The molecule has 0 fully saturated rings. The Bertz CT molecular complexity index is 541. The Labute approximate surface area is 113 Å². The van der Waals surface area contributed by atoms with Crippen molar-refractivity contribution in [1.82, 2.24) is 4.98 Å². The molecular formula is C16H18N2O. The van der Waals surface area contributed by atoms with Crippen molar-refractivity contribution in [2.75, 3.05) is 6.61 Å². The predicted molar refractivity (Wildman–Crippen MR) is 75.0 cm³/mol. The van der Waals surface area contributed by atoms with Gasteiger partial charge >= 0.3 is 0 Å². The molecule has 3 heteroatoms. The Kier molecular flexibility index (Phi) is 3.47. The zero-order valence-corrected chi connectivity index (χ0v) is 10.8. The monoisotopic (exact) mass is 254 g/mol. The van der Waals surface area contributed by atoms with E-state index in [1.165, 1.54) is 11.1 Å². The van der Waals surface area contributed by atoms with Gasteiger partial charge in [0.25, 0.3) is 0 Å². The van der Waals surface area contributed by atoms with Crippen LogP contribution in [0.1, 0.15) is 11.1 Å². The Morgan fingerprint density at radius 1 is 1.26 bits per heavy atom. The normalized spacial score (nSPS) is 19.3. The van der Waals surface area contributed by atoms with Gasteiger partial charge in [-0.05, 0) is 36.1 Å². The molecule has 1 aromatic heterocycles. The van der Waals surface area contributed by atoms with Crippen LogP contribution in [0.4, 0.5) is 0 Å². The van der Waals surface area contributed by atoms with E-state index in [0.29, 0.717) is 12.5 Å². The van der Waals surface area contributed by atoms with Gasteiger partial charge in [-0.2, -0.15) is 0 Å². The van der Waals surface area contributed by atoms with Crippen LogP contribution in [0.25, 0.3) is 0 Å². The number of pyridine rings is 1. The molecule has 2 atom stereocenters. The van der Waals surface area contributed by atoms with Gasteiger partial charge in [0.15, 0.2) is 0 Å². The van der Waals surface area contributed by atoms with E-state index in [1.807, 2.05) is 24.4 Å². The zero-order valence-electron chi connectivity index (χ0n) is 10.8. The minimum Gasteiger partial charge on any atom is -0.493 e. The van der Waals surface area contributed by atoms with Gasteiger partial charge in [-0.15, -0.1) is 0 Å². The Morgan fingerprint density at radius 3 is 3.00 bits per heavy atom. The van der Waals surface area contributed by atoms with E-state index in [0.717, 1.165) is 18.6 Å². The first-order valence-electron chi connectivity index (χ1n) is 6.68. The van der Waals surface area contributed by atoms with E-state index in [-0.39, 0.29) is 6.04 Å². The van der Waals surface area contributed by atoms with Gasteiger partial charge in [-0.1, -0.05) is 24.3 Å². The summed E-state index contributed by atoms with van der Waals surface area (Å²) in [5, 5.41) is 0. The van der Waals surface area contributed by atoms with E-state index in [2.05, 4.69) is 23.2 Å². The van der Waals surface area contributed by atoms with Crippen molar-refractivity contribution in [3.8, 4) is 5.75 Å². The first-order chi connectivity index (χ1) is 9.33. The molecule has 0 aliphatic carbocycles. The summed E-state index contributed by atoms with van der Waals surface area (Å²) in [4.78, 5) is 4.13. The Hall–Kier alpha value is -1.87. The van der Waals surface area contributed by atoms with E-state index in [1.54, 1.807) is 6.20 Å². The van der Waals surface area contributed by atoms with Crippen molar-refractivity contribution >= 4 is 0 Å². The van der Waals surface area contributed by atoms with Crippen molar-refractivity contribution in [2.24, 2.45) is 11.7 Å². The van der Waals surface area contributed by atoms with E-state index in [4.69, 9.17) is 10.5 Å². The Morgan fingerprint density at radius 2 is 2.16 bits per heavy atom. The highest BCUT2D eigenvalue weighted by Crippen LogP contribution is 2.28. The van der Waals surface area contributed by atoms with Crippen LogP contribution in [-0.4, -0.2) is 17.6 Å². The number of aromatic nitrogens is 1. The molecule has 3 rings (SSSR count). The van der Waals surface area contributed by atoms with E-state index < -0.39 is 0 Å². The minimum atomic E-state index is 0.109. The molecule has 0 spiro atoms. The lowest BCUT2D eigenvalue weighted by molar-refractivity contribution is 0.199. The van der Waals surface area contributed by atoms with Crippen LogP contribution in [0.15, 0.2) is 48.8 Å². The average molecular weight is 254 g/mol. The molecule has 1 aromatic carbocycles. The summed E-state index contributed by atoms with van der Waals surface area (Å²) in [5.41, 5.74) is 8.78. The number of para-hydroxylation sites is 1. The lowest BCUT2D eigenvalue weighted by atomic mass is 9.88. The third kappa shape index (κ3) is 2.76. The van der Waals surface area contributed by atoms with Gasteiger partial charge < -0.3 is 10.5 Å². The fraction of sp³-hybridized carbons (Fsp3) is 0.312. The number of benzene rings is 1. The van der Waals surface area contributed by atoms with Crippen molar-refractivity contribution in [3.05, 3.63) is 59.9 Å². The number of rotatable bonds is 3. The van der Waals surface area contributed by atoms with Gasteiger partial charge in [0, 0.05) is 24.4 Å². The van der Waals surface area contributed by atoms with Crippen molar-refractivity contribution < 1.29 is 4.74 Å². The highest BCUT2D eigenvalue weighted by atomic mass is 16.5.